The van der Waals surface area contributed by atoms with E-state index in [0.29, 0.717) is 17.3 Å². The lowest BCUT2D eigenvalue weighted by molar-refractivity contribution is -0.137. The highest BCUT2D eigenvalue weighted by Gasteiger charge is 2.32. The van der Waals surface area contributed by atoms with E-state index >= 15 is 0 Å². The first kappa shape index (κ1) is 28.0. The smallest absolute Gasteiger partial charge is 0.383 e. The van der Waals surface area contributed by atoms with Gasteiger partial charge in [-0.15, -0.1) is 0 Å². The number of rotatable bonds is 9. The third-order valence-electron chi connectivity index (χ3n) is 5.54. The zero-order chi connectivity index (χ0) is 27.2. The van der Waals surface area contributed by atoms with Crippen molar-refractivity contribution in [2.45, 2.75) is 31.5 Å². The average Bonchev–Trinajstić information content (AvgIpc) is 2.83. The fourth-order valence-electron chi connectivity index (χ4n) is 3.39. The molecule has 0 spiro atoms. The van der Waals surface area contributed by atoms with Gasteiger partial charge < -0.3 is 19.1 Å². The van der Waals surface area contributed by atoms with E-state index in [1.54, 1.807) is 12.1 Å². The van der Waals surface area contributed by atoms with E-state index in [9.17, 15) is 26.4 Å². The van der Waals surface area contributed by atoms with Gasteiger partial charge in [0, 0.05) is 25.9 Å². The summed E-state index contributed by atoms with van der Waals surface area (Å²) >= 11 is 0. The van der Waals surface area contributed by atoms with Gasteiger partial charge in [0.05, 0.1) is 12.2 Å². The molecule has 0 bridgehead atoms. The monoisotopic (exact) mass is 536 g/mol. The average molecular weight is 537 g/mol. The highest BCUT2D eigenvalue weighted by atomic mass is 32.2. The van der Waals surface area contributed by atoms with Crippen LogP contribution in [0.5, 0.6) is 5.75 Å². The molecule has 0 radical (unpaired) electrons. The molecule has 0 aliphatic rings. The Kier molecular flexibility index (Phi) is 8.82. The molecule has 3 aromatic carbocycles. The van der Waals surface area contributed by atoms with E-state index in [-0.39, 0.29) is 31.5 Å². The predicted molar refractivity (Wildman–Crippen MR) is 133 cm³/mol. The number of ether oxygens (including phenoxy) is 1. The molecule has 3 rings (SSSR count). The summed E-state index contributed by atoms with van der Waals surface area (Å²) in [5, 5.41) is 2.84. The van der Waals surface area contributed by atoms with E-state index in [4.69, 9.17) is 8.92 Å². The maximum Gasteiger partial charge on any atom is 0.416 e. The van der Waals surface area contributed by atoms with Crippen LogP contribution >= 0.6 is 0 Å². The van der Waals surface area contributed by atoms with Crippen molar-refractivity contribution in [3.8, 4) is 5.75 Å². The van der Waals surface area contributed by atoms with Crippen LogP contribution in [0.4, 0.5) is 23.7 Å². The number of halogens is 3. The minimum absolute atomic E-state index is 0.0981. The molecule has 0 heterocycles. The van der Waals surface area contributed by atoms with Crippen molar-refractivity contribution < 1.29 is 35.3 Å². The van der Waals surface area contributed by atoms with Crippen LogP contribution in [0.1, 0.15) is 22.3 Å². The van der Waals surface area contributed by atoms with E-state index in [1.165, 1.54) is 30.2 Å². The molecular weight excluding hydrogens is 509 g/mol. The number of anilines is 1. The summed E-state index contributed by atoms with van der Waals surface area (Å²) in [5.41, 5.74) is 2.18. The van der Waals surface area contributed by atoms with E-state index in [0.717, 1.165) is 29.3 Å². The molecule has 0 fully saturated rings. The standard InChI is InChI=1S/C26H27F3N2O5S/c1-18-10-11-22(14-19(18)2)30-25(32)31(12-13-35-3)17-20-6-4-8-23(15-20)36-37(33,34)24-9-5-7-21(16-24)26(27,28)29/h4-11,14-16H,12-13,17H2,1-3H3,(H,30,32). The predicted octanol–water partition coefficient (Wildman–Crippen LogP) is 5.77. The summed E-state index contributed by atoms with van der Waals surface area (Å²) < 4.78 is 74.5. The van der Waals surface area contributed by atoms with Gasteiger partial charge in [-0.1, -0.05) is 24.3 Å². The van der Waals surface area contributed by atoms with Gasteiger partial charge in [0.15, 0.2) is 0 Å². The molecule has 3 aromatic rings. The number of hydrogen-bond donors (Lipinski definition) is 1. The Morgan fingerprint density at radius 3 is 2.38 bits per heavy atom. The van der Waals surface area contributed by atoms with Crippen LogP contribution in [0.15, 0.2) is 71.6 Å². The zero-order valence-corrected chi connectivity index (χ0v) is 21.3. The van der Waals surface area contributed by atoms with Crippen LogP contribution in [0.25, 0.3) is 0 Å². The Bertz CT molecular complexity index is 1360. The highest BCUT2D eigenvalue weighted by Crippen LogP contribution is 2.31. The molecule has 0 aliphatic carbocycles. The van der Waals surface area contributed by atoms with Crippen LogP contribution in [-0.2, 0) is 27.6 Å². The number of carbonyl (C=O) groups excluding carboxylic acids is 1. The largest absolute Gasteiger partial charge is 0.416 e. The molecule has 37 heavy (non-hydrogen) atoms. The lowest BCUT2D eigenvalue weighted by atomic mass is 10.1. The third-order valence-corrected chi connectivity index (χ3v) is 6.78. The van der Waals surface area contributed by atoms with Gasteiger partial charge >= 0.3 is 22.3 Å². The number of alkyl halides is 3. The van der Waals surface area contributed by atoms with Gasteiger partial charge in [-0.25, -0.2) is 4.79 Å². The maximum atomic E-state index is 13.0. The van der Waals surface area contributed by atoms with Gasteiger partial charge in [-0.05, 0) is 73.0 Å². The minimum atomic E-state index is -4.70. The van der Waals surface area contributed by atoms with Crippen molar-refractivity contribution >= 4 is 21.8 Å². The summed E-state index contributed by atoms with van der Waals surface area (Å²) in [6.07, 6.45) is -4.70. The van der Waals surface area contributed by atoms with Gasteiger partial charge in [-0.3, -0.25) is 0 Å². The Morgan fingerprint density at radius 2 is 1.70 bits per heavy atom. The number of nitrogens with zero attached hydrogens (tertiary/aromatic N) is 1. The number of methoxy groups -OCH3 is 1. The number of amides is 2. The SMILES string of the molecule is COCCN(Cc1cccc(OS(=O)(=O)c2cccc(C(F)(F)F)c2)c1)C(=O)Nc1ccc(C)c(C)c1. The summed E-state index contributed by atoms with van der Waals surface area (Å²) in [5.74, 6) is -0.101. The van der Waals surface area contributed by atoms with Gasteiger partial charge in [0.1, 0.15) is 10.6 Å². The van der Waals surface area contributed by atoms with E-state index in [2.05, 4.69) is 5.32 Å². The van der Waals surface area contributed by atoms with Crippen molar-refractivity contribution in [2.24, 2.45) is 0 Å². The van der Waals surface area contributed by atoms with Crippen LogP contribution in [0.2, 0.25) is 0 Å². The van der Waals surface area contributed by atoms with Crippen LogP contribution in [0, 0.1) is 13.8 Å². The quantitative estimate of drug-likeness (QED) is 0.351. The summed E-state index contributed by atoms with van der Waals surface area (Å²) in [6, 6.07) is 14.5. The second-order valence-electron chi connectivity index (χ2n) is 8.35. The Hall–Kier alpha value is -3.57. The highest BCUT2D eigenvalue weighted by molar-refractivity contribution is 7.87. The van der Waals surface area contributed by atoms with Crippen molar-refractivity contribution in [3.05, 3.63) is 89.0 Å². The van der Waals surface area contributed by atoms with Crippen molar-refractivity contribution in [1.82, 2.24) is 4.90 Å². The molecule has 7 nitrogen and oxygen atoms in total. The summed E-state index contributed by atoms with van der Waals surface area (Å²) in [6.45, 7) is 4.52. The lowest BCUT2D eigenvalue weighted by Gasteiger charge is -2.23. The molecule has 2 amide bonds. The molecular formula is C26H27F3N2O5S. The Labute approximate surface area is 213 Å². The molecule has 0 saturated carbocycles. The number of aryl methyl sites for hydroxylation is 2. The topological polar surface area (TPSA) is 84.9 Å². The molecule has 1 N–H and O–H groups in total. The minimum Gasteiger partial charge on any atom is -0.383 e. The number of carbonyl (C=O) groups is 1. The van der Waals surface area contributed by atoms with Gasteiger partial charge in [0.2, 0.25) is 0 Å². The van der Waals surface area contributed by atoms with E-state index in [1.807, 2.05) is 26.0 Å². The lowest BCUT2D eigenvalue weighted by Crippen LogP contribution is -2.36. The second kappa shape index (κ2) is 11.7. The summed E-state index contributed by atoms with van der Waals surface area (Å²) in [4.78, 5) is 13.8. The molecule has 0 unspecified atom stereocenters. The van der Waals surface area contributed by atoms with Crippen LogP contribution < -0.4 is 9.50 Å². The number of hydrogen-bond acceptors (Lipinski definition) is 5. The first-order valence-electron chi connectivity index (χ1n) is 11.2. The Morgan fingerprint density at radius 1 is 0.973 bits per heavy atom. The third kappa shape index (κ3) is 7.70. The van der Waals surface area contributed by atoms with Crippen LogP contribution in [-0.4, -0.2) is 39.6 Å². The van der Waals surface area contributed by atoms with Crippen molar-refractivity contribution in [2.75, 3.05) is 25.6 Å². The fraction of sp³-hybridized carbons (Fsp3) is 0.269. The molecule has 0 aromatic heterocycles. The van der Waals surface area contributed by atoms with Crippen molar-refractivity contribution in [3.63, 3.8) is 0 Å². The zero-order valence-electron chi connectivity index (χ0n) is 20.5. The van der Waals surface area contributed by atoms with Gasteiger partial charge in [-0.2, -0.15) is 21.6 Å². The fourth-order valence-corrected chi connectivity index (χ4v) is 4.36. The van der Waals surface area contributed by atoms with Crippen molar-refractivity contribution in [1.29, 1.82) is 0 Å². The second-order valence-corrected chi connectivity index (χ2v) is 9.90. The molecule has 0 atom stereocenters. The Balaban J connectivity index is 1.78. The molecule has 0 aliphatic heterocycles. The summed E-state index contributed by atoms with van der Waals surface area (Å²) in [7, 11) is -3.03. The molecule has 11 heteroatoms. The molecule has 0 saturated heterocycles. The van der Waals surface area contributed by atoms with Gasteiger partial charge in [0.25, 0.3) is 0 Å². The van der Waals surface area contributed by atoms with E-state index < -0.39 is 26.8 Å². The first-order valence-corrected chi connectivity index (χ1v) is 12.6. The first-order chi connectivity index (χ1) is 17.4. The molecule has 198 valence electrons. The maximum absolute atomic E-state index is 13.0. The number of urea groups is 1. The number of benzene rings is 3. The van der Waals surface area contributed by atoms with Crippen LogP contribution in [0.3, 0.4) is 0 Å². The normalized spacial score (nSPS) is 11.7. The number of nitrogens with one attached hydrogen (secondary N) is 1.